The molecule has 7 nitrogen and oxygen atoms in total. The molecule has 0 aromatic carbocycles. The zero-order valence-electron chi connectivity index (χ0n) is 17.0. The number of carbonyl (C=O) groups excluding carboxylic acids is 1. The normalized spacial score (nSPS) is 20.8. The zero-order chi connectivity index (χ0) is 21.3. The molecule has 4 heterocycles. The Morgan fingerprint density at radius 2 is 2.23 bits per heavy atom. The molecule has 0 unspecified atom stereocenters. The average Bonchev–Trinajstić information content (AvgIpc) is 3.33. The average molecular weight is 445 g/mol. The summed E-state index contributed by atoms with van der Waals surface area (Å²) in [6.07, 6.45) is 5.40. The molecule has 2 aliphatic rings. The lowest BCUT2D eigenvalue weighted by molar-refractivity contribution is -0.122. The van der Waals surface area contributed by atoms with Gasteiger partial charge in [-0.2, -0.15) is 0 Å². The number of thiocarbonyl (C=S) groups is 1. The molecule has 1 amide bonds. The van der Waals surface area contributed by atoms with Crippen molar-refractivity contribution in [2.75, 3.05) is 25.0 Å². The third-order valence-corrected chi connectivity index (χ3v) is 6.36. The summed E-state index contributed by atoms with van der Waals surface area (Å²) in [6, 6.07) is 5.40. The van der Waals surface area contributed by atoms with Gasteiger partial charge in [0.05, 0.1) is 16.6 Å². The predicted molar refractivity (Wildman–Crippen MR) is 124 cm³/mol. The van der Waals surface area contributed by atoms with Crippen LogP contribution in [0.2, 0.25) is 0 Å². The first-order valence-electron chi connectivity index (χ1n) is 10.1. The van der Waals surface area contributed by atoms with Crippen LogP contribution >= 0.6 is 24.0 Å². The molecule has 0 saturated carbocycles. The van der Waals surface area contributed by atoms with Crippen molar-refractivity contribution >= 4 is 51.7 Å². The van der Waals surface area contributed by atoms with Gasteiger partial charge in [-0.1, -0.05) is 43.9 Å². The SMILES string of the molecule is CC(C)CN1C(=O)/C(=C/c2c(NC[C@@H]3CCCO3)nc3ccccn3c2=O)SC1=S. The second-order valence-corrected chi connectivity index (χ2v) is 9.49. The molecule has 1 N–H and O–H groups in total. The van der Waals surface area contributed by atoms with Crippen molar-refractivity contribution in [2.24, 2.45) is 5.92 Å². The van der Waals surface area contributed by atoms with Crippen LogP contribution in [0.4, 0.5) is 5.82 Å². The number of ether oxygens (including phenoxy) is 1. The van der Waals surface area contributed by atoms with Crippen LogP contribution in [-0.2, 0) is 9.53 Å². The molecule has 9 heteroatoms. The Morgan fingerprint density at radius 1 is 1.40 bits per heavy atom. The Balaban J connectivity index is 1.73. The Labute approximate surface area is 184 Å². The van der Waals surface area contributed by atoms with E-state index in [0.29, 0.717) is 45.3 Å². The summed E-state index contributed by atoms with van der Waals surface area (Å²) >= 11 is 6.62. The van der Waals surface area contributed by atoms with Crippen molar-refractivity contribution in [1.82, 2.24) is 14.3 Å². The topological polar surface area (TPSA) is 75.9 Å². The summed E-state index contributed by atoms with van der Waals surface area (Å²) in [5.74, 6) is 0.584. The highest BCUT2D eigenvalue weighted by Crippen LogP contribution is 2.33. The second kappa shape index (κ2) is 8.87. The minimum Gasteiger partial charge on any atom is -0.376 e. The van der Waals surface area contributed by atoms with Gasteiger partial charge in [-0.05, 0) is 37.0 Å². The minimum atomic E-state index is -0.232. The van der Waals surface area contributed by atoms with Crippen molar-refractivity contribution in [2.45, 2.75) is 32.8 Å². The van der Waals surface area contributed by atoms with Gasteiger partial charge < -0.3 is 10.1 Å². The van der Waals surface area contributed by atoms with E-state index in [1.165, 1.54) is 16.2 Å². The lowest BCUT2D eigenvalue weighted by Gasteiger charge is -2.16. The van der Waals surface area contributed by atoms with Gasteiger partial charge in [0.15, 0.2) is 0 Å². The van der Waals surface area contributed by atoms with Crippen LogP contribution in [0.15, 0.2) is 34.1 Å². The van der Waals surface area contributed by atoms with Crippen LogP contribution in [0.25, 0.3) is 11.7 Å². The van der Waals surface area contributed by atoms with E-state index in [9.17, 15) is 9.59 Å². The number of hydrogen-bond donors (Lipinski definition) is 1. The highest BCUT2D eigenvalue weighted by molar-refractivity contribution is 8.26. The van der Waals surface area contributed by atoms with E-state index in [1.807, 2.05) is 19.9 Å². The maximum atomic E-state index is 13.2. The minimum absolute atomic E-state index is 0.0955. The molecule has 1 atom stereocenters. The fourth-order valence-electron chi connectivity index (χ4n) is 3.54. The zero-order valence-corrected chi connectivity index (χ0v) is 18.6. The molecule has 4 rings (SSSR count). The maximum Gasteiger partial charge on any atom is 0.267 e. The fraction of sp³-hybridized carbons (Fsp3) is 0.429. The molecule has 0 spiro atoms. The fourth-order valence-corrected chi connectivity index (χ4v) is 4.79. The van der Waals surface area contributed by atoms with E-state index in [1.54, 1.807) is 29.3 Å². The molecule has 2 aliphatic heterocycles. The highest BCUT2D eigenvalue weighted by Gasteiger charge is 2.33. The molecule has 0 bridgehead atoms. The lowest BCUT2D eigenvalue weighted by Crippen LogP contribution is -2.31. The van der Waals surface area contributed by atoms with Crippen LogP contribution in [-0.4, -0.2) is 50.3 Å². The highest BCUT2D eigenvalue weighted by atomic mass is 32.2. The standard InChI is InChI=1S/C21H24N4O3S2/c1-13(2)12-25-20(27)16(30-21(25)29)10-15-18(22-11-14-6-5-9-28-14)23-17-7-3-4-8-24(17)19(15)26/h3-4,7-8,10,13-14,22H,5-6,9,11-12H2,1-2H3/b16-10-/t14-/m0/s1. The molecule has 2 fully saturated rings. The number of aromatic nitrogens is 2. The van der Waals surface area contributed by atoms with Gasteiger partial charge in [-0.3, -0.25) is 18.9 Å². The Kier molecular flexibility index (Phi) is 6.21. The van der Waals surface area contributed by atoms with Crippen LogP contribution < -0.4 is 10.9 Å². The van der Waals surface area contributed by atoms with Gasteiger partial charge in [0.2, 0.25) is 0 Å². The van der Waals surface area contributed by atoms with Crippen molar-refractivity contribution in [3.8, 4) is 0 Å². The van der Waals surface area contributed by atoms with Crippen LogP contribution in [0.3, 0.4) is 0 Å². The number of pyridine rings is 1. The van der Waals surface area contributed by atoms with E-state index < -0.39 is 0 Å². The summed E-state index contributed by atoms with van der Waals surface area (Å²) in [4.78, 5) is 32.8. The number of carbonyl (C=O) groups is 1. The van der Waals surface area contributed by atoms with Crippen molar-refractivity contribution in [3.05, 3.63) is 45.2 Å². The number of amides is 1. The van der Waals surface area contributed by atoms with Crippen LogP contribution in [0.1, 0.15) is 32.3 Å². The third-order valence-electron chi connectivity index (χ3n) is 4.99. The number of nitrogens with zero attached hydrogens (tertiary/aromatic N) is 3. The van der Waals surface area contributed by atoms with Crippen molar-refractivity contribution < 1.29 is 9.53 Å². The molecule has 0 aliphatic carbocycles. The monoisotopic (exact) mass is 444 g/mol. The number of hydrogen-bond acceptors (Lipinski definition) is 7. The summed E-state index contributed by atoms with van der Waals surface area (Å²) in [6.45, 7) is 5.95. The maximum absolute atomic E-state index is 13.2. The molecule has 0 radical (unpaired) electrons. The summed E-state index contributed by atoms with van der Waals surface area (Å²) in [5.41, 5.74) is 0.660. The van der Waals surface area contributed by atoms with Gasteiger partial charge in [-0.15, -0.1) is 0 Å². The lowest BCUT2D eigenvalue weighted by atomic mass is 10.2. The Hall–Kier alpha value is -2.23. The second-order valence-electron chi connectivity index (χ2n) is 7.81. The number of rotatable bonds is 6. The van der Waals surface area contributed by atoms with E-state index in [4.69, 9.17) is 17.0 Å². The molecule has 2 saturated heterocycles. The summed E-state index contributed by atoms with van der Waals surface area (Å²) < 4.78 is 7.68. The molecular weight excluding hydrogens is 420 g/mol. The molecule has 2 aromatic heterocycles. The van der Waals surface area contributed by atoms with Gasteiger partial charge in [0.25, 0.3) is 11.5 Å². The van der Waals surface area contributed by atoms with Gasteiger partial charge in [0.1, 0.15) is 15.8 Å². The molecular formula is C21H24N4O3S2. The van der Waals surface area contributed by atoms with E-state index in [-0.39, 0.29) is 17.6 Å². The first kappa shape index (κ1) is 21.0. The number of nitrogens with one attached hydrogen (secondary N) is 1. The first-order valence-corrected chi connectivity index (χ1v) is 11.3. The number of thioether (sulfide) groups is 1. The van der Waals surface area contributed by atoms with Gasteiger partial charge in [0, 0.05) is 25.9 Å². The molecule has 30 heavy (non-hydrogen) atoms. The van der Waals surface area contributed by atoms with E-state index in [2.05, 4.69) is 10.3 Å². The number of anilines is 1. The summed E-state index contributed by atoms with van der Waals surface area (Å²) in [7, 11) is 0. The van der Waals surface area contributed by atoms with Crippen molar-refractivity contribution in [1.29, 1.82) is 0 Å². The quantitative estimate of drug-likeness (QED) is 0.542. The Morgan fingerprint density at radius 3 is 2.97 bits per heavy atom. The van der Waals surface area contributed by atoms with Gasteiger partial charge >= 0.3 is 0 Å². The van der Waals surface area contributed by atoms with Gasteiger partial charge in [-0.25, -0.2) is 4.98 Å². The summed E-state index contributed by atoms with van der Waals surface area (Å²) in [5, 5.41) is 3.27. The third kappa shape index (κ3) is 4.28. The van der Waals surface area contributed by atoms with Crippen LogP contribution in [0.5, 0.6) is 0 Å². The Bertz CT molecular complexity index is 1070. The van der Waals surface area contributed by atoms with Crippen molar-refractivity contribution in [3.63, 3.8) is 0 Å². The number of fused-ring (bicyclic) bond motifs is 1. The predicted octanol–water partition coefficient (Wildman–Crippen LogP) is 3.14. The van der Waals surface area contributed by atoms with E-state index in [0.717, 1.165) is 19.4 Å². The molecule has 158 valence electrons. The van der Waals surface area contributed by atoms with Crippen LogP contribution in [0, 0.1) is 5.92 Å². The molecule has 2 aromatic rings. The smallest absolute Gasteiger partial charge is 0.267 e. The first-order chi connectivity index (χ1) is 14.4. The van der Waals surface area contributed by atoms with E-state index >= 15 is 0 Å². The largest absolute Gasteiger partial charge is 0.376 e.